The van der Waals surface area contributed by atoms with Crippen molar-refractivity contribution in [2.45, 2.75) is 65.1 Å². The lowest BCUT2D eigenvalue weighted by Gasteiger charge is -2.36. The molecule has 0 unspecified atom stereocenters. The maximum absolute atomic E-state index is 11.0. The second-order valence-electron chi connectivity index (χ2n) is 7.09. The molecule has 21 heavy (non-hydrogen) atoms. The van der Waals surface area contributed by atoms with E-state index < -0.39 is 8.32 Å². The van der Waals surface area contributed by atoms with Crippen LogP contribution in [0.1, 0.15) is 44.4 Å². The van der Waals surface area contributed by atoms with Gasteiger partial charge in [-0.1, -0.05) is 50.7 Å². The number of carbonyl (C=O) groups is 1. The Morgan fingerprint density at radius 3 is 2.38 bits per heavy atom. The molecule has 1 aromatic carbocycles. The van der Waals surface area contributed by atoms with Gasteiger partial charge in [0, 0.05) is 12.7 Å². The molecule has 0 fully saturated rings. The van der Waals surface area contributed by atoms with Crippen molar-refractivity contribution in [1.82, 2.24) is 0 Å². The third-order valence-electron chi connectivity index (χ3n) is 4.24. The third kappa shape index (κ3) is 5.61. The number of aryl methyl sites for hydroxylation is 1. The first-order valence-corrected chi connectivity index (χ1v) is 11.3. The van der Waals surface area contributed by atoms with Gasteiger partial charge in [-0.3, -0.25) is 4.79 Å². The van der Waals surface area contributed by atoms with Crippen LogP contribution >= 0.6 is 11.8 Å². The van der Waals surface area contributed by atoms with Crippen molar-refractivity contribution in [3.05, 3.63) is 34.9 Å². The maximum Gasteiger partial charge on any atom is 0.192 e. The summed E-state index contributed by atoms with van der Waals surface area (Å²) in [5, 5.41) is 0.403. The lowest BCUT2D eigenvalue weighted by Crippen LogP contribution is -2.40. The predicted molar refractivity (Wildman–Crippen MR) is 95.1 cm³/mol. The largest absolute Gasteiger partial charge is 0.413 e. The average Bonchev–Trinajstić information content (AvgIpc) is 2.33. The molecule has 0 aliphatic rings. The molecule has 0 aromatic heterocycles. The fourth-order valence-electron chi connectivity index (χ4n) is 1.67. The molecule has 2 nitrogen and oxygen atoms in total. The summed E-state index contributed by atoms with van der Waals surface area (Å²) in [5.41, 5.74) is 3.68. The lowest BCUT2D eigenvalue weighted by molar-refractivity contribution is -0.109. The third-order valence-corrected chi connectivity index (χ3v) is 9.58. The van der Waals surface area contributed by atoms with Crippen molar-refractivity contribution < 1.29 is 9.22 Å². The van der Waals surface area contributed by atoms with E-state index in [0.717, 1.165) is 5.75 Å². The second kappa shape index (κ2) is 7.12. The van der Waals surface area contributed by atoms with Crippen molar-refractivity contribution in [1.29, 1.82) is 0 Å². The van der Waals surface area contributed by atoms with Crippen molar-refractivity contribution >= 4 is 25.2 Å². The highest BCUT2D eigenvalue weighted by molar-refractivity contribution is 8.12. The Morgan fingerprint density at radius 2 is 1.90 bits per heavy atom. The normalized spacial score (nSPS) is 12.5. The molecule has 0 heterocycles. The van der Waals surface area contributed by atoms with Gasteiger partial charge in [0.2, 0.25) is 0 Å². The van der Waals surface area contributed by atoms with E-state index in [2.05, 4.69) is 59.0 Å². The van der Waals surface area contributed by atoms with Gasteiger partial charge in [0.25, 0.3) is 0 Å². The monoisotopic (exact) mass is 324 g/mol. The summed E-state index contributed by atoms with van der Waals surface area (Å²) in [4.78, 5) is 11.0. The van der Waals surface area contributed by atoms with Crippen LogP contribution < -0.4 is 0 Å². The molecule has 0 N–H and O–H groups in total. The molecule has 0 atom stereocenters. The first-order valence-electron chi connectivity index (χ1n) is 7.38. The van der Waals surface area contributed by atoms with E-state index in [1.165, 1.54) is 28.5 Å². The molecule has 4 heteroatoms. The molecule has 0 amide bonds. The van der Waals surface area contributed by atoms with Crippen LogP contribution in [0.25, 0.3) is 0 Å². The van der Waals surface area contributed by atoms with Crippen LogP contribution in [-0.4, -0.2) is 13.4 Å². The Labute approximate surface area is 134 Å². The van der Waals surface area contributed by atoms with Gasteiger partial charge in [-0.15, -0.1) is 0 Å². The minimum absolute atomic E-state index is 0.166. The van der Waals surface area contributed by atoms with E-state index in [4.69, 9.17) is 4.43 Å². The molecular weight excluding hydrogens is 296 g/mol. The van der Waals surface area contributed by atoms with Gasteiger partial charge in [0.1, 0.15) is 0 Å². The van der Waals surface area contributed by atoms with Crippen molar-refractivity contribution in [3.63, 3.8) is 0 Å². The molecule has 118 valence electrons. The van der Waals surface area contributed by atoms with Crippen LogP contribution in [0.3, 0.4) is 0 Å². The summed E-state index contributed by atoms with van der Waals surface area (Å²) in [6, 6.07) is 6.43. The lowest BCUT2D eigenvalue weighted by atomic mass is 10.1. The Balaban J connectivity index is 2.70. The molecule has 0 saturated carbocycles. The smallest absolute Gasteiger partial charge is 0.192 e. The van der Waals surface area contributed by atoms with Crippen LogP contribution in [-0.2, 0) is 21.6 Å². The fourth-order valence-corrected chi connectivity index (χ4v) is 3.31. The number of rotatable bonds is 5. The molecule has 0 spiro atoms. The SMILES string of the molecule is CC(=O)SCc1ccc(CO[Si](C)(C)C(C)(C)C)cc1C. The molecule has 0 saturated heterocycles. The Morgan fingerprint density at radius 1 is 1.29 bits per heavy atom. The van der Waals surface area contributed by atoms with Gasteiger partial charge in [-0.2, -0.15) is 0 Å². The Hall–Kier alpha value is -0.583. The van der Waals surface area contributed by atoms with Gasteiger partial charge >= 0.3 is 0 Å². The van der Waals surface area contributed by atoms with Crippen LogP contribution in [0.5, 0.6) is 0 Å². The second-order valence-corrected chi connectivity index (χ2v) is 13.1. The standard InChI is InChI=1S/C17H28O2SSi/c1-13-10-15(8-9-16(13)12-20-14(2)18)11-19-21(6,7)17(3,4)5/h8-10H,11-12H2,1-7H3. The summed E-state index contributed by atoms with van der Waals surface area (Å²) in [7, 11) is -1.70. The number of carbonyl (C=O) groups excluding carboxylic acids is 1. The highest BCUT2D eigenvalue weighted by Gasteiger charge is 2.36. The molecule has 1 aromatic rings. The number of thioether (sulfide) groups is 1. The molecule has 1 rings (SSSR count). The van der Waals surface area contributed by atoms with E-state index in [0.29, 0.717) is 6.61 Å². The van der Waals surface area contributed by atoms with Gasteiger partial charge in [-0.05, 0) is 41.7 Å². The van der Waals surface area contributed by atoms with Crippen LogP contribution in [0.15, 0.2) is 18.2 Å². The fraction of sp³-hybridized carbons (Fsp3) is 0.588. The van der Waals surface area contributed by atoms with Crippen LogP contribution in [0.2, 0.25) is 18.1 Å². The molecule has 0 aliphatic heterocycles. The van der Waals surface area contributed by atoms with E-state index >= 15 is 0 Å². The quantitative estimate of drug-likeness (QED) is 0.688. The van der Waals surface area contributed by atoms with Crippen LogP contribution in [0, 0.1) is 6.92 Å². The van der Waals surface area contributed by atoms with Gasteiger partial charge in [-0.25, -0.2) is 0 Å². The van der Waals surface area contributed by atoms with E-state index in [9.17, 15) is 4.79 Å². The number of hydrogen-bond donors (Lipinski definition) is 0. The first-order chi connectivity index (χ1) is 9.53. The minimum Gasteiger partial charge on any atom is -0.413 e. The Bertz CT molecular complexity index is 504. The topological polar surface area (TPSA) is 26.3 Å². The van der Waals surface area contributed by atoms with Crippen molar-refractivity contribution in [2.75, 3.05) is 0 Å². The summed E-state index contributed by atoms with van der Waals surface area (Å²) >= 11 is 1.36. The number of benzene rings is 1. The summed E-state index contributed by atoms with van der Waals surface area (Å²) in [6.07, 6.45) is 0. The highest BCUT2D eigenvalue weighted by atomic mass is 32.2. The first kappa shape index (κ1) is 18.5. The van der Waals surface area contributed by atoms with E-state index in [-0.39, 0.29) is 10.2 Å². The summed E-state index contributed by atoms with van der Waals surface area (Å²) in [6.45, 7) is 15.7. The summed E-state index contributed by atoms with van der Waals surface area (Å²) in [5.74, 6) is 0.755. The zero-order chi connectivity index (χ0) is 16.3. The zero-order valence-electron chi connectivity index (χ0n) is 14.4. The molecule has 0 radical (unpaired) electrons. The minimum atomic E-state index is -1.70. The van der Waals surface area contributed by atoms with Crippen molar-refractivity contribution in [3.8, 4) is 0 Å². The molecule has 0 aliphatic carbocycles. The van der Waals surface area contributed by atoms with Crippen LogP contribution in [0.4, 0.5) is 0 Å². The maximum atomic E-state index is 11.0. The average molecular weight is 325 g/mol. The van der Waals surface area contributed by atoms with Crippen molar-refractivity contribution in [2.24, 2.45) is 0 Å². The molecular formula is C17H28O2SSi. The predicted octanol–water partition coefficient (Wildman–Crippen LogP) is 5.30. The number of hydrogen-bond acceptors (Lipinski definition) is 3. The zero-order valence-corrected chi connectivity index (χ0v) is 16.2. The summed E-state index contributed by atoms with van der Waals surface area (Å²) < 4.78 is 6.25. The van der Waals surface area contributed by atoms with E-state index in [1.54, 1.807) is 6.92 Å². The van der Waals surface area contributed by atoms with Gasteiger partial charge < -0.3 is 4.43 Å². The van der Waals surface area contributed by atoms with Gasteiger partial charge in [0.05, 0.1) is 6.61 Å². The highest BCUT2D eigenvalue weighted by Crippen LogP contribution is 2.37. The Kier molecular flexibility index (Phi) is 6.26. The molecule has 0 bridgehead atoms. The van der Waals surface area contributed by atoms with Gasteiger partial charge in [0.15, 0.2) is 13.4 Å². The van der Waals surface area contributed by atoms with E-state index in [1.807, 2.05) is 0 Å².